The van der Waals surface area contributed by atoms with E-state index in [1.807, 2.05) is 0 Å². The fourth-order valence-electron chi connectivity index (χ4n) is 2.95. The summed E-state index contributed by atoms with van der Waals surface area (Å²) >= 11 is 0. The Labute approximate surface area is 154 Å². The number of hydrogen-bond donors (Lipinski definition) is 1. The summed E-state index contributed by atoms with van der Waals surface area (Å²) in [7, 11) is 2.98. The van der Waals surface area contributed by atoms with E-state index in [-0.39, 0.29) is 24.6 Å². The molecule has 0 aliphatic carbocycles. The summed E-state index contributed by atoms with van der Waals surface area (Å²) in [5, 5.41) is 2.35. The van der Waals surface area contributed by atoms with Gasteiger partial charge in [-0.1, -0.05) is 0 Å². The molecule has 0 aromatic heterocycles. The zero-order valence-electron chi connectivity index (χ0n) is 14.8. The summed E-state index contributed by atoms with van der Waals surface area (Å²) in [5.74, 6) is -1.94. The first kappa shape index (κ1) is 18.6. The predicted molar refractivity (Wildman–Crippen MR) is 95.0 cm³/mol. The van der Waals surface area contributed by atoms with Crippen LogP contribution in [0, 0.1) is 17.6 Å². The van der Waals surface area contributed by atoms with Crippen molar-refractivity contribution in [2.45, 2.75) is 6.42 Å². The van der Waals surface area contributed by atoms with Gasteiger partial charge < -0.3 is 19.7 Å². The van der Waals surface area contributed by atoms with Crippen molar-refractivity contribution in [2.24, 2.45) is 5.92 Å². The fraction of sp³-hybridized carbons (Fsp3) is 0.263. The number of anilines is 2. The Morgan fingerprint density at radius 2 is 1.93 bits per heavy atom. The molecule has 2 aromatic rings. The van der Waals surface area contributed by atoms with Gasteiger partial charge in [0.25, 0.3) is 0 Å². The van der Waals surface area contributed by atoms with E-state index in [0.717, 1.165) is 18.2 Å². The number of nitrogens with zero attached hydrogens (tertiary/aromatic N) is 1. The second-order valence-electron chi connectivity index (χ2n) is 6.06. The van der Waals surface area contributed by atoms with E-state index in [1.165, 1.54) is 19.1 Å². The number of ether oxygens (including phenoxy) is 2. The standard InChI is InChI=1S/C19H18F2N2O4/c1-26-13-4-6-16(17(9-13)27-2)23-10-11(7-18(23)24)19(25)22-15-8-12(20)3-5-14(15)21/h3-6,8-9,11H,7,10H2,1-2H3,(H,22,25). The van der Waals surface area contributed by atoms with Crippen LogP contribution in [0.25, 0.3) is 0 Å². The molecule has 3 rings (SSSR count). The minimum atomic E-state index is -0.747. The average molecular weight is 376 g/mol. The van der Waals surface area contributed by atoms with Crippen molar-refractivity contribution in [1.82, 2.24) is 0 Å². The Hall–Kier alpha value is -3.16. The Morgan fingerprint density at radius 1 is 1.15 bits per heavy atom. The quantitative estimate of drug-likeness (QED) is 0.871. The lowest BCUT2D eigenvalue weighted by molar-refractivity contribution is -0.122. The maximum atomic E-state index is 13.7. The largest absolute Gasteiger partial charge is 0.497 e. The van der Waals surface area contributed by atoms with E-state index < -0.39 is 23.5 Å². The molecule has 0 bridgehead atoms. The molecule has 0 saturated carbocycles. The first-order valence-corrected chi connectivity index (χ1v) is 8.21. The molecule has 0 spiro atoms. The third-order valence-electron chi connectivity index (χ3n) is 4.36. The first-order valence-electron chi connectivity index (χ1n) is 8.21. The summed E-state index contributed by atoms with van der Waals surface area (Å²) in [5.41, 5.74) is 0.253. The molecule has 2 amide bonds. The Balaban J connectivity index is 1.77. The number of benzene rings is 2. The van der Waals surface area contributed by atoms with Crippen LogP contribution in [0.4, 0.5) is 20.2 Å². The van der Waals surface area contributed by atoms with Crippen LogP contribution in [0.15, 0.2) is 36.4 Å². The molecule has 27 heavy (non-hydrogen) atoms. The molecule has 142 valence electrons. The van der Waals surface area contributed by atoms with Crippen LogP contribution in [-0.2, 0) is 9.59 Å². The first-order chi connectivity index (χ1) is 12.9. The summed E-state index contributed by atoms with van der Waals surface area (Å²) in [6, 6.07) is 7.77. The number of halogens is 2. The van der Waals surface area contributed by atoms with Gasteiger partial charge in [-0.25, -0.2) is 8.78 Å². The number of nitrogens with one attached hydrogen (secondary N) is 1. The zero-order chi connectivity index (χ0) is 19.6. The highest BCUT2D eigenvalue weighted by Gasteiger charge is 2.36. The van der Waals surface area contributed by atoms with Gasteiger partial charge in [-0.3, -0.25) is 9.59 Å². The van der Waals surface area contributed by atoms with Gasteiger partial charge in [-0.2, -0.15) is 0 Å². The van der Waals surface area contributed by atoms with Crippen molar-refractivity contribution in [1.29, 1.82) is 0 Å². The van der Waals surface area contributed by atoms with Crippen LogP contribution >= 0.6 is 0 Å². The lowest BCUT2D eigenvalue weighted by Gasteiger charge is -2.20. The molecule has 0 radical (unpaired) electrons. The number of amides is 2. The summed E-state index contributed by atoms with van der Waals surface area (Å²) in [6.07, 6.45) is -0.0437. The SMILES string of the molecule is COc1ccc(N2CC(C(=O)Nc3cc(F)ccc3F)CC2=O)c(OC)c1. The molecule has 1 unspecified atom stereocenters. The maximum Gasteiger partial charge on any atom is 0.229 e. The van der Waals surface area contributed by atoms with Crippen LogP contribution in [0.5, 0.6) is 11.5 Å². The second kappa shape index (κ2) is 7.61. The number of hydrogen-bond acceptors (Lipinski definition) is 4. The molecule has 1 saturated heterocycles. The van der Waals surface area contributed by atoms with Gasteiger partial charge in [0.2, 0.25) is 11.8 Å². The molecule has 1 fully saturated rings. The molecule has 2 aromatic carbocycles. The molecular weight excluding hydrogens is 358 g/mol. The van der Waals surface area contributed by atoms with E-state index in [0.29, 0.717) is 17.2 Å². The van der Waals surface area contributed by atoms with Gasteiger partial charge in [0, 0.05) is 25.1 Å². The van der Waals surface area contributed by atoms with Crippen LogP contribution in [-0.4, -0.2) is 32.6 Å². The van der Waals surface area contributed by atoms with E-state index in [1.54, 1.807) is 18.2 Å². The van der Waals surface area contributed by atoms with E-state index >= 15 is 0 Å². The van der Waals surface area contributed by atoms with Crippen molar-refractivity contribution >= 4 is 23.2 Å². The normalized spacial score (nSPS) is 16.4. The number of carbonyl (C=O) groups excluding carboxylic acids is 2. The van der Waals surface area contributed by atoms with Crippen LogP contribution in [0.1, 0.15) is 6.42 Å². The van der Waals surface area contributed by atoms with E-state index in [4.69, 9.17) is 9.47 Å². The van der Waals surface area contributed by atoms with E-state index in [2.05, 4.69) is 5.32 Å². The third-order valence-corrected chi connectivity index (χ3v) is 4.36. The molecular formula is C19H18F2N2O4. The Kier molecular flexibility index (Phi) is 5.25. The highest BCUT2D eigenvalue weighted by atomic mass is 19.1. The average Bonchev–Trinajstić information content (AvgIpc) is 3.05. The Bertz CT molecular complexity index is 888. The summed E-state index contributed by atoms with van der Waals surface area (Å²) in [4.78, 5) is 26.3. The van der Waals surface area contributed by atoms with Crippen molar-refractivity contribution in [3.05, 3.63) is 48.0 Å². The van der Waals surface area contributed by atoms with Crippen molar-refractivity contribution in [3.63, 3.8) is 0 Å². The second-order valence-corrected chi connectivity index (χ2v) is 6.06. The highest BCUT2D eigenvalue weighted by molar-refractivity contribution is 6.04. The molecule has 1 aliphatic heterocycles. The van der Waals surface area contributed by atoms with Gasteiger partial charge in [0.05, 0.1) is 31.5 Å². The third kappa shape index (κ3) is 3.84. The monoisotopic (exact) mass is 376 g/mol. The molecule has 1 N–H and O–H groups in total. The number of carbonyl (C=O) groups is 2. The maximum absolute atomic E-state index is 13.7. The van der Waals surface area contributed by atoms with Gasteiger partial charge in [0.15, 0.2) is 0 Å². The summed E-state index contributed by atoms with van der Waals surface area (Å²) < 4.78 is 37.4. The van der Waals surface area contributed by atoms with Crippen molar-refractivity contribution < 1.29 is 27.8 Å². The minimum absolute atomic E-state index is 0.0437. The lowest BCUT2D eigenvalue weighted by Crippen LogP contribution is -2.28. The van der Waals surface area contributed by atoms with Crippen LogP contribution < -0.4 is 19.7 Å². The number of methoxy groups -OCH3 is 2. The molecule has 8 heteroatoms. The highest BCUT2D eigenvalue weighted by Crippen LogP contribution is 2.36. The Morgan fingerprint density at radius 3 is 2.63 bits per heavy atom. The van der Waals surface area contributed by atoms with Crippen LogP contribution in [0.3, 0.4) is 0 Å². The van der Waals surface area contributed by atoms with Crippen molar-refractivity contribution in [3.8, 4) is 11.5 Å². The van der Waals surface area contributed by atoms with Crippen molar-refractivity contribution in [2.75, 3.05) is 31.0 Å². The molecule has 6 nitrogen and oxygen atoms in total. The predicted octanol–water partition coefficient (Wildman–Crippen LogP) is 2.97. The smallest absolute Gasteiger partial charge is 0.229 e. The van der Waals surface area contributed by atoms with Gasteiger partial charge >= 0.3 is 0 Å². The fourth-order valence-corrected chi connectivity index (χ4v) is 2.95. The lowest BCUT2D eigenvalue weighted by atomic mass is 10.1. The minimum Gasteiger partial charge on any atom is -0.497 e. The summed E-state index contributed by atoms with van der Waals surface area (Å²) in [6.45, 7) is 0.101. The molecule has 1 atom stereocenters. The van der Waals surface area contributed by atoms with E-state index in [9.17, 15) is 18.4 Å². The van der Waals surface area contributed by atoms with Crippen LogP contribution in [0.2, 0.25) is 0 Å². The van der Waals surface area contributed by atoms with Gasteiger partial charge in [-0.15, -0.1) is 0 Å². The zero-order valence-corrected chi connectivity index (χ0v) is 14.8. The molecule has 1 heterocycles. The topological polar surface area (TPSA) is 67.9 Å². The number of rotatable bonds is 5. The molecule has 1 aliphatic rings. The van der Waals surface area contributed by atoms with Gasteiger partial charge in [0.1, 0.15) is 23.1 Å². The van der Waals surface area contributed by atoms with Gasteiger partial charge in [-0.05, 0) is 24.3 Å².